The number of carbonyl (C=O) groups is 1. The molecule has 1 aromatic carbocycles. The predicted molar refractivity (Wildman–Crippen MR) is 84.6 cm³/mol. The topological polar surface area (TPSA) is 59.0 Å². The summed E-state index contributed by atoms with van der Waals surface area (Å²) >= 11 is 5.78. The quantitative estimate of drug-likeness (QED) is 0.769. The number of nitrogens with zero attached hydrogens (tertiary/aromatic N) is 2. The van der Waals surface area contributed by atoms with Gasteiger partial charge in [0.15, 0.2) is 0 Å². The van der Waals surface area contributed by atoms with E-state index in [0.29, 0.717) is 11.6 Å². The Bertz CT molecular complexity index is 539. The number of aryl methyl sites for hydroxylation is 1. The van der Waals surface area contributed by atoms with E-state index in [9.17, 15) is 4.79 Å². The number of urea groups is 1. The summed E-state index contributed by atoms with van der Waals surface area (Å²) in [5, 5.41) is 6.25. The van der Waals surface area contributed by atoms with Crippen LogP contribution in [0.5, 0.6) is 0 Å². The molecule has 112 valence electrons. The molecule has 0 atom stereocenters. The van der Waals surface area contributed by atoms with Gasteiger partial charge < -0.3 is 15.2 Å². The molecule has 0 aliphatic rings. The normalized spacial score (nSPS) is 10.3. The second-order valence-electron chi connectivity index (χ2n) is 4.75. The Morgan fingerprint density at radius 1 is 1.19 bits per heavy atom. The molecule has 0 bridgehead atoms. The standard InChI is InChI=1S/C15H19ClN4O/c16-13-4-6-14(7-5-13)19-15(21)18-8-2-1-3-10-20-11-9-17-12-20/h4-7,9,11-12H,1-3,8,10H2,(H2,18,19,21). The number of carbonyl (C=O) groups excluding carboxylic acids is 1. The van der Waals surface area contributed by atoms with Gasteiger partial charge in [0.2, 0.25) is 0 Å². The fourth-order valence-corrected chi connectivity index (χ4v) is 2.05. The number of imidazole rings is 1. The number of halogens is 1. The summed E-state index contributed by atoms with van der Waals surface area (Å²) < 4.78 is 2.06. The highest BCUT2D eigenvalue weighted by Gasteiger charge is 2.00. The molecule has 2 amide bonds. The van der Waals surface area contributed by atoms with Crippen molar-refractivity contribution in [3.05, 3.63) is 48.0 Å². The van der Waals surface area contributed by atoms with Gasteiger partial charge in [0.05, 0.1) is 6.33 Å². The van der Waals surface area contributed by atoms with Crippen LogP contribution in [0.1, 0.15) is 19.3 Å². The lowest BCUT2D eigenvalue weighted by Crippen LogP contribution is -2.29. The Morgan fingerprint density at radius 3 is 2.71 bits per heavy atom. The lowest BCUT2D eigenvalue weighted by atomic mass is 10.2. The molecule has 0 aliphatic heterocycles. The van der Waals surface area contributed by atoms with E-state index in [0.717, 1.165) is 31.5 Å². The van der Waals surface area contributed by atoms with Crippen LogP contribution in [0.15, 0.2) is 43.0 Å². The van der Waals surface area contributed by atoms with Crippen molar-refractivity contribution in [1.29, 1.82) is 0 Å². The van der Waals surface area contributed by atoms with E-state index in [2.05, 4.69) is 20.2 Å². The summed E-state index contributed by atoms with van der Waals surface area (Å²) in [6.07, 6.45) is 8.66. The molecule has 2 rings (SSSR count). The van der Waals surface area contributed by atoms with Crippen molar-refractivity contribution < 1.29 is 4.79 Å². The third kappa shape index (κ3) is 5.87. The van der Waals surface area contributed by atoms with Crippen LogP contribution in [-0.4, -0.2) is 22.1 Å². The van der Waals surface area contributed by atoms with Crippen LogP contribution in [0.25, 0.3) is 0 Å². The lowest BCUT2D eigenvalue weighted by Gasteiger charge is -2.07. The first-order valence-corrected chi connectivity index (χ1v) is 7.38. The zero-order valence-electron chi connectivity index (χ0n) is 11.8. The van der Waals surface area contributed by atoms with Crippen LogP contribution < -0.4 is 10.6 Å². The minimum Gasteiger partial charge on any atom is -0.338 e. The number of benzene rings is 1. The van der Waals surface area contributed by atoms with Crippen LogP contribution in [0.4, 0.5) is 10.5 Å². The largest absolute Gasteiger partial charge is 0.338 e. The minimum absolute atomic E-state index is 0.188. The van der Waals surface area contributed by atoms with Crippen molar-refractivity contribution >= 4 is 23.3 Å². The second-order valence-corrected chi connectivity index (χ2v) is 5.19. The number of rotatable bonds is 7. The zero-order chi connectivity index (χ0) is 14.9. The van der Waals surface area contributed by atoms with Gasteiger partial charge >= 0.3 is 6.03 Å². The SMILES string of the molecule is O=C(NCCCCCn1ccnc1)Nc1ccc(Cl)cc1. The smallest absolute Gasteiger partial charge is 0.319 e. The van der Waals surface area contributed by atoms with Gasteiger partial charge in [-0.05, 0) is 43.5 Å². The highest BCUT2D eigenvalue weighted by Crippen LogP contribution is 2.13. The molecule has 1 heterocycles. The van der Waals surface area contributed by atoms with Gasteiger partial charge in [-0.25, -0.2) is 9.78 Å². The van der Waals surface area contributed by atoms with Gasteiger partial charge in [-0.15, -0.1) is 0 Å². The molecule has 0 unspecified atom stereocenters. The molecule has 21 heavy (non-hydrogen) atoms. The molecule has 2 N–H and O–H groups in total. The highest BCUT2D eigenvalue weighted by atomic mass is 35.5. The van der Waals surface area contributed by atoms with Crippen molar-refractivity contribution in [2.45, 2.75) is 25.8 Å². The third-order valence-electron chi connectivity index (χ3n) is 3.04. The molecule has 0 fully saturated rings. The number of amides is 2. The Labute approximate surface area is 129 Å². The molecular weight excluding hydrogens is 288 g/mol. The van der Waals surface area contributed by atoms with E-state index in [1.54, 1.807) is 30.5 Å². The number of unbranched alkanes of at least 4 members (excludes halogenated alkanes) is 2. The van der Waals surface area contributed by atoms with Crippen molar-refractivity contribution in [1.82, 2.24) is 14.9 Å². The van der Waals surface area contributed by atoms with Crippen molar-refractivity contribution in [3.63, 3.8) is 0 Å². The van der Waals surface area contributed by atoms with E-state index in [-0.39, 0.29) is 6.03 Å². The predicted octanol–water partition coefficient (Wildman–Crippen LogP) is 3.53. The maximum Gasteiger partial charge on any atom is 0.319 e. The molecule has 0 saturated carbocycles. The molecule has 6 heteroatoms. The second kappa shape index (κ2) is 8.32. The third-order valence-corrected chi connectivity index (χ3v) is 3.29. The number of nitrogens with one attached hydrogen (secondary N) is 2. The van der Waals surface area contributed by atoms with Crippen molar-refractivity contribution in [2.24, 2.45) is 0 Å². The van der Waals surface area contributed by atoms with E-state index < -0.39 is 0 Å². The zero-order valence-corrected chi connectivity index (χ0v) is 12.5. The van der Waals surface area contributed by atoms with Crippen LogP contribution in [0.3, 0.4) is 0 Å². The van der Waals surface area contributed by atoms with E-state index in [4.69, 9.17) is 11.6 Å². The van der Waals surface area contributed by atoms with Crippen LogP contribution in [0.2, 0.25) is 5.02 Å². The van der Waals surface area contributed by atoms with Gasteiger partial charge in [-0.1, -0.05) is 11.6 Å². The number of anilines is 1. The Morgan fingerprint density at radius 2 is 2.00 bits per heavy atom. The molecule has 0 aliphatic carbocycles. The summed E-state index contributed by atoms with van der Waals surface area (Å²) in [7, 11) is 0. The van der Waals surface area contributed by atoms with Crippen LogP contribution >= 0.6 is 11.6 Å². The first kappa shape index (κ1) is 15.4. The van der Waals surface area contributed by atoms with Gasteiger partial charge in [-0.2, -0.15) is 0 Å². The average Bonchev–Trinajstić information content (AvgIpc) is 2.98. The molecular formula is C15H19ClN4O. The Kier molecular flexibility index (Phi) is 6.09. The van der Waals surface area contributed by atoms with Crippen molar-refractivity contribution in [2.75, 3.05) is 11.9 Å². The lowest BCUT2D eigenvalue weighted by molar-refractivity contribution is 0.252. The fraction of sp³-hybridized carbons (Fsp3) is 0.333. The first-order valence-electron chi connectivity index (χ1n) is 7.00. The van der Waals surface area contributed by atoms with Crippen LogP contribution in [-0.2, 0) is 6.54 Å². The summed E-state index contributed by atoms with van der Waals surface area (Å²) in [5.74, 6) is 0. The van der Waals surface area contributed by atoms with Gasteiger partial charge in [0.25, 0.3) is 0 Å². The maximum atomic E-state index is 11.6. The molecule has 0 saturated heterocycles. The van der Waals surface area contributed by atoms with E-state index >= 15 is 0 Å². The van der Waals surface area contributed by atoms with Gasteiger partial charge in [0.1, 0.15) is 0 Å². The average molecular weight is 307 g/mol. The maximum absolute atomic E-state index is 11.6. The summed E-state index contributed by atoms with van der Waals surface area (Å²) in [5.41, 5.74) is 0.733. The van der Waals surface area contributed by atoms with Crippen LogP contribution in [0, 0.1) is 0 Å². The Balaban J connectivity index is 1.54. The first-order chi connectivity index (χ1) is 10.2. The minimum atomic E-state index is -0.188. The van der Waals surface area contributed by atoms with Crippen molar-refractivity contribution in [3.8, 4) is 0 Å². The van der Waals surface area contributed by atoms with E-state index in [1.807, 2.05) is 12.5 Å². The number of hydrogen-bond donors (Lipinski definition) is 2. The van der Waals surface area contributed by atoms with Gasteiger partial charge in [0, 0.05) is 36.2 Å². The van der Waals surface area contributed by atoms with Gasteiger partial charge in [-0.3, -0.25) is 0 Å². The summed E-state index contributed by atoms with van der Waals surface area (Å²) in [6, 6.07) is 6.84. The fourth-order valence-electron chi connectivity index (χ4n) is 1.93. The highest BCUT2D eigenvalue weighted by molar-refractivity contribution is 6.30. The molecule has 0 radical (unpaired) electrons. The molecule has 1 aromatic heterocycles. The van der Waals surface area contributed by atoms with E-state index in [1.165, 1.54) is 0 Å². The number of hydrogen-bond acceptors (Lipinski definition) is 2. The molecule has 0 spiro atoms. The summed E-state index contributed by atoms with van der Waals surface area (Å²) in [4.78, 5) is 15.6. The molecule has 2 aromatic rings. The number of aromatic nitrogens is 2. The molecule has 5 nitrogen and oxygen atoms in total. The summed E-state index contributed by atoms with van der Waals surface area (Å²) in [6.45, 7) is 1.64. The monoisotopic (exact) mass is 306 g/mol. The Hall–Kier alpha value is -2.01.